The molecule has 0 bridgehead atoms. The predicted molar refractivity (Wildman–Crippen MR) is 82.1 cm³/mol. The van der Waals surface area contributed by atoms with Crippen LogP contribution < -0.4 is 4.90 Å². The van der Waals surface area contributed by atoms with Crippen molar-refractivity contribution in [1.82, 2.24) is 15.0 Å². The van der Waals surface area contributed by atoms with Crippen molar-refractivity contribution in [2.24, 2.45) is 7.05 Å². The molecule has 2 aromatic rings. The number of fused-ring (bicyclic) bond motifs is 3. The third-order valence-corrected chi connectivity index (χ3v) is 3.93. The van der Waals surface area contributed by atoms with Crippen molar-refractivity contribution in [2.75, 3.05) is 11.9 Å². The van der Waals surface area contributed by atoms with E-state index in [1.54, 1.807) is 7.05 Å². The summed E-state index contributed by atoms with van der Waals surface area (Å²) in [5.74, 6) is 0.376. The summed E-state index contributed by atoms with van der Waals surface area (Å²) in [6.07, 6.45) is 0. The molecule has 0 aliphatic carbocycles. The van der Waals surface area contributed by atoms with Crippen LogP contribution in [0.25, 0.3) is 11.3 Å². The van der Waals surface area contributed by atoms with Crippen LogP contribution in [0.3, 0.4) is 0 Å². The maximum Gasteiger partial charge on any atom is 0.119 e. The summed E-state index contributed by atoms with van der Waals surface area (Å²) < 4.78 is 0. The Bertz CT molecular complexity index is 676. The highest BCUT2D eigenvalue weighted by Crippen LogP contribution is 2.45. The average Bonchev–Trinajstić information content (AvgIpc) is 2.78. The standard InChI is InChI=1S/C14H16B2N4/c1-8(2)9-6-5-7-10-11-13(18-20(4)17-11)14(15,16)19(3)12(9)10/h5-8H,1-4H3. The minimum absolute atomic E-state index is 0.376. The number of para-hydroxylation sites is 1. The molecule has 20 heavy (non-hydrogen) atoms. The first-order chi connectivity index (χ1) is 9.34. The largest absolute Gasteiger partial charge is 0.380 e. The summed E-state index contributed by atoms with van der Waals surface area (Å²) in [7, 11) is 16.3. The molecule has 0 spiro atoms. The van der Waals surface area contributed by atoms with Gasteiger partial charge in [-0.2, -0.15) is 15.0 Å². The second-order valence-electron chi connectivity index (χ2n) is 5.67. The van der Waals surface area contributed by atoms with Gasteiger partial charge in [-0.05, 0) is 11.5 Å². The fourth-order valence-corrected chi connectivity index (χ4v) is 2.79. The van der Waals surface area contributed by atoms with Gasteiger partial charge in [-0.3, -0.25) is 0 Å². The summed E-state index contributed by atoms with van der Waals surface area (Å²) in [4.78, 5) is 3.42. The summed E-state index contributed by atoms with van der Waals surface area (Å²) in [6.45, 7) is 4.31. The summed E-state index contributed by atoms with van der Waals surface area (Å²) >= 11 is 0. The number of anilines is 1. The van der Waals surface area contributed by atoms with E-state index in [0.29, 0.717) is 11.6 Å². The van der Waals surface area contributed by atoms with Gasteiger partial charge in [-0.1, -0.05) is 32.0 Å². The highest BCUT2D eigenvalue weighted by Gasteiger charge is 2.39. The van der Waals surface area contributed by atoms with E-state index < -0.39 is 5.34 Å². The second-order valence-corrected chi connectivity index (χ2v) is 5.67. The van der Waals surface area contributed by atoms with Gasteiger partial charge in [0.25, 0.3) is 0 Å². The highest BCUT2D eigenvalue weighted by atomic mass is 15.5. The molecule has 4 radical (unpaired) electrons. The van der Waals surface area contributed by atoms with E-state index in [1.807, 2.05) is 24.1 Å². The highest BCUT2D eigenvalue weighted by molar-refractivity contribution is 6.42. The van der Waals surface area contributed by atoms with E-state index in [0.717, 1.165) is 16.9 Å². The number of aromatic nitrogens is 3. The first-order valence-electron chi connectivity index (χ1n) is 6.70. The van der Waals surface area contributed by atoms with Crippen LogP contribution in [0.5, 0.6) is 0 Å². The second kappa shape index (κ2) is 4.14. The van der Waals surface area contributed by atoms with Crippen LogP contribution in [0.15, 0.2) is 18.2 Å². The Balaban J connectivity index is 2.37. The van der Waals surface area contributed by atoms with E-state index in [4.69, 9.17) is 15.7 Å². The first-order valence-corrected chi connectivity index (χ1v) is 6.70. The topological polar surface area (TPSA) is 34.0 Å². The molecule has 1 aliphatic rings. The van der Waals surface area contributed by atoms with Crippen LogP contribution in [0.1, 0.15) is 31.0 Å². The molecule has 6 heteroatoms. The molecule has 0 amide bonds. The molecule has 0 unspecified atom stereocenters. The molecule has 2 heterocycles. The van der Waals surface area contributed by atoms with Gasteiger partial charge < -0.3 is 4.90 Å². The van der Waals surface area contributed by atoms with Crippen LogP contribution in [-0.4, -0.2) is 37.7 Å². The van der Waals surface area contributed by atoms with Gasteiger partial charge in [-0.25, -0.2) is 0 Å². The molecule has 3 rings (SSSR count). The zero-order valence-electron chi connectivity index (χ0n) is 12.3. The molecule has 0 atom stereocenters. The Morgan fingerprint density at radius 1 is 1.15 bits per heavy atom. The lowest BCUT2D eigenvalue weighted by atomic mass is 9.56. The van der Waals surface area contributed by atoms with E-state index in [-0.39, 0.29) is 0 Å². The first kappa shape index (κ1) is 13.3. The molecule has 1 aromatic carbocycles. The fourth-order valence-electron chi connectivity index (χ4n) is 2.79. The minimum atomic E-state index is -1.15. The smallest absolute Gasteiger partial charge is 0.119 e. The Morgan fingerprint density at radius 3 is 2.50 bits per heavy atom. The van der Waals surface area contributed by atoms with Gasteiger partial charge in [0.2, 0.25) is 0 Å². The zero-order valence-corrected chi connectivity index (χ0v) is 12.3. The zero-order chi connectivity index (χ0) is 14.7. The van der Waals surface area contributed by atoms with Crippen molar-refractivity contribution in [3.8, 4) is 11.3 Å². The average molecular weight is 262 g/mol. The maximum atomic E-state index is 6.32. The molecular weight excluding hydrogens is 246 g/mol. The Kier molecular flexibility index (Phi) is 2.75. The number of hydrogen-bond acceptors (Lipinski definition) is 3. The Hall–Kier alpha value is -1.71. The lowest BCUT2D eigenvalue weighted by molar-refractivity contribution is 0.635. The van der Waals surface area contributed by atoms with Gasteiger partial charge >= 0.3 is 0 Å². The van der Waals surface area contributed by atoms with Gasteiger partial charge in [0.05, 0.1) is 21.4 Å². The molecule has 98 valence electrons. The van der Waals surface area contributed by atoms with Crippen molar-refractivity contribution in [1.29, 1.82) is 0 Å². The molecule has 1 aromatic heterocycles. The summed E-state index contributed by atoms with van der Waals surface area (Å²) in [5.41, 5.74) is 4.67. The molecule has 4 nitrogen and oxygen atoms in total. The van der Waals surface area contributed by atoms with Gasteiger partial charge in [-0.15, -0.1) is 0 Å². The lowest BCUT2D eigenvalue weighted by Gasteiger charge is -2.43. The maximum absolute atomic E-state index is 6.32. The third kappa shape index (κ3) is 1.63. The molecule has 0 fully saturated rings. The normalized spacial score (nSPS) is 16.1. The molecule has 0 N–H and O–H groups in total. The third-order valence-electron chi connectivity index (χ3n) is 3.93. The predicted octanol–water partition coefficient (Wildman–Crippen LogP) is 1.50. The van der Waals surface area contributed by atoms with Crippen LogP contribution in [0.4, 0.5) is 5.69 Å². The Morgan fingerprint density at radius 2 is 1.85 bits per heavy atom. The van der Waals surface area contributed by atoms with Crippen LogP contribution in [0, 0.1) is 0 Å². The number of hydrogen-bond donors (Lipinski definition) is 0. The Labute approximate surface area is 122 Å². The van der Waals surface area contributed by atoms with Crippen molar-refractivity contribution in [3.05, 3.63) is 29.5 Å². The van der Waals surface area contributed by atoms with Crippen molar-refractivity contribution < 1.29 is 0 Å². The van der Waals surface area contributed by atoms with Gasteiger partial charge in [0, 0.05) is 30.7 Å². The van der Waals surface area contributed by atoms with E-state index in [9.17, 15) is 0 Å². The van der Waals surface area contributed by atoms with Gasteiger partial charge in [0.1, 0.15) is 5.69 Å². The fraction of sp³-hybridized carbons (Fsp3) is 0.429. The lowest BCUT2D eigenvalue weighted by Crippen LogP contribution is -2.48. The molecule has 1 aliphatic heterocycles. The van der Waals surface area contributed by atoms with Crippen molar-refractivity contribution in [3.63, 3.8) is 0 Å². The van der Waals surface area contributed by atoms with Gasteiger partial charge in [0.15, 0.2) is 0 Å². The number of nitrogens with zero attached hydrogens (tertiary/aromatic N) is 4. The van der Waals surface area contributed by atoms with E-state index in [2.05, 4.69) is 30.1 Å². The van der Waals surface area contributed by atoms with Crippen molar-refractivity contribution in [2.45, 2.75) is 25.1 Å². The number of benzene rings is 1. The molecular formula is C14H16B2N4. The van der Waals surface area contributed by atoms with Crippen LogP contribution in [-0.2, 0) is 12.4 Å². The monoisotopic (exact) mass is 262 g/mol. The SMILES string of the molecule is [B]C1([B])c2nn(C)nc2-c2cccc(C(C)C)c2N1C. The minimum Gasteiger partial charge on any atom is -0.380 e. The van der Waals surface area contributed by atoms with E-state index in [1.165, 1.54) is 10.4 Å². The summed E-state index contributed by atoms with van der Waals surface area (Å²) in [6, 6.07) is 6.19. The van der Waals surface area contributed by atoms with E-state index >= 15 is 0 Å². The quantitative estimate of drug-likeness (QED) is 0.730. The van der Waals surface area contributed by atoms with Crippen LogP contribution >= 0.6 is 0 Å². The number of aryl methyl sites for hydroxylation is 1. The summed E-state index contributed by atoms with van der Waals surface area (Å²) in [5, 5.41) is 7.63. The van der Waals surface area contributed by atoms with Crippen LogP contribution in [0.2, 0.25) is 0 Å². The van der Waals surface area contributed by atoms with Crippen molar-refractivity contribution >= 4 is 21.4 Å². The molecule has 0 saturated carbocycles. The molecule has 0 saturated heterocycles. The number of rotatable bonds is 1.